The molecule has 2 aliphatic rings. The Hall–Kier alpha value is -3.10. The zero-order valence-electron chi connectivity index (χ0n) is 14.7. The molecule has 140 valence electrons. The van der Waals surface area contributed by atoms with Gasteiger partial charge in [0.2, 0.25) is 5.91 Å². The fraction of sp³-hybridized carbons (Fsp3) is 0.444. The fourth-order valence-corrected chi connectivity index (χ4v) is 3.71. The van der Waals surface area contributed by atoms with Gasteiger partial charge in [-0.15, -0.1) is 10.2 Å². The van der Waals surface area contributed by atoms with Gasteiger partial charge >= 0.3 is 0 Å². The molecule has 2 N–H and O–H groups in total. The molecule has 1 saturated carbocycles. The summed E-state index contributed by atoms with van der Waals surface area (Å²) in [7, 11) is 0. The summed E-state index contributed by atoms with van der Waals surface area (Å²) in [5.74, 6) is -0.494. The van der Waals surface area contributed by atoms with E-state index in [0.29, 0.717) is 30.7 Å². The van der Waals surface area contributed by atoms with Crippen molar-refractivity contribution in [2.45, 2.75) is 50.1 Å². The van der Waals surface area contributed by atoms with Crippen LogP contribution in [0.15, 0.2) is 30.3 Å². The molecular formula is C18H20N6O3. The Kier molecular flexibility index (Phi) is 4.43. The summed E-state index contributed by atoms with van der Waals surface area (Å²) in [5, 5.41) is 18.0. The van der Waals surface area contributed by atoms with Crippen molar-refractivity contribution in [2.24, 2.45) is 0 Å². The van der Waals surface area contributed by atoms with Crippen LogP contribution in [0.5, 0.6) is 0 Å². The molecule has 1 aromatic heterocycles. The highest BCUT2D eigenvalue weighted by atomic mass is 16.2. The molecule has 9 heteroatoms. The quantitative estimate of drug-likeness (QED) is 0.772. The fourth-order valence-electron chi connectivity index (χ4n) is 3.71. The molecule has 0 spiro atoms. The number of aromatic nitrogens is 4. The number of nitrogens with one attached hydrogen (secondary N) is 2. The molecule has 0 radical (unpaired) electrons. The van der Waals surface area contributed by atoms with E-state index in [2.05, 4.69) is 26.0 Å². The lowest BCUT2D eigenvalue weighted by molar-refractivity contribution is -0.136. The number of rotatable bonds is 4. The topological polar surface area (TPSA) is 119 Å². The van der Waals surface area contributed by atoms with Gasteiger partial charge in [0.15, 0.2) is 11.9 Å². The van der Waals surface area contributed by atoms with Crippen LogP contribution in [-0.2, 0) is 15.1 Å². The standard InChI is InChI=1S/C18H20N6O3/c25-14-9-8-13(16(27)19-14)24-22-17(21-23-24)18(10-4-5-11-18)20-15(26)12-6-2-1-3-7-12/h1-3,6-7,13H,4-5,8-11H2,(H,20,26)(H,19,25,27). The van der Waals surface area contributed by atoms with E-state index in [0.717, 1.165) is 12.8 Å². The van der Waals surface area contributed by atoms with Crippen molar-refractivity contribution >= 4 is 17.7 Å². The van der Waals surface area contributed by atoms with E-state index in [4.69, 9.17) is 0 Å². The van der Waals surface area contributed by atoms with Crippen molar-refractivity contribution in [3.05, 3.63) is 41.7 Å². The minimum absolute atomic E-state index is 0.185. The Morgan fingerprint density at radius 2 is 1.93 bits per heavy atom. The monoisotopic (exact) mass is 368 g/mol. The van der Waals surface area contributed by atoms with Crippen LogP contribution >= 0.6 is 0 Å². The first-order chi connectivity index (χ1) is 13.1. The average molecular weight is 368 g/mol. The van der Waals surface area contributed by atoms with Crippen LogP contribution in [0.3, 0.4) is 0 Å². The van der Waals surface area contributed by atoms with E-state index in [9.17, 15) is 14.4 Å². The highest BCUT2D eigenvalue weighted by molar-refractivity contribution is 5.99. The molecule has 27 heavy (non-hydrogen) atoms. The van der Waals surface area contributed by atoms with Crippen LogP contribution in [0.1, 0.15) is 60.7 Å². The third-order valence-corrected chi connectivity index (χ3v) is 5.19. The first kappa shape index (κ1) is 17.3. The van der Waals surface area contributed by atoms with Crippen LogP contribution in [-0.4, -0.2) is 37.9 Å². The molecule has 1 atom stereocenters. The number of imide groups is 1. The van der Waals surface area contributed by atoms with E-state index in [1.165, 1.54) is 4.80 Å². The second-order valence-corrected chi connectivity index (χ2v) is 7.01. The minimum Gasteiger partial charge on any atom is -0.339 e. The normalized spacial score (nSPS) is 21.7. The van der Waals surface area contributed by atoms with E-state index in [1.807, 2.05) is 18.2 Å². The zero-order chi connectivity index (χ0) is 18.9. The predicted molar refractivity (Wildman–Crippen MR) is 93.3 cm³/mol. The summed E-state index contributed by atoms with van der Waals surface area (Å²) < 4.78 is 0. The van der Waals surface area contributed by atoms with Gasteiger partial charge in [0.05, 0.1) is 0 Å². The van der Waals surface area contributed by atoms with Crippen LogP contribution in [0.4, 0.5) is 0 Å². The molecule has 2 fully saturated rings. The maximum Gasteiger partial charge on any atom is 0.253 e. The molecule has 1 aromatic carbocycles. The number of carbonyl (C=O) groups excluding carboxylic acids is 3. The van der Waals surface area contributed by atoms with Crippen molar-refractivity contribution in [2.75, 3.05) is 0 Å². The molecule has 3 amide bonds. The first-order valence-corrected chi connectivity index (χ1v) is 9.09. The van der Waals surface area contributed by atoms with Crippen LogP contribution in [0, 0.1) is 0 Å². The average Bonchev–Trinajstić information content (AvgIpc) is 3.33. The van der Waals surface area contributed by atoms with Gasteiger partial charge in [-0.3, -0.25) is 19.7 Å². The summed E-state index contributed by atoms with van der Waals surface area (Å²) in [6.45, 7) is 0. The largest absolute Gasteiger partial charge is 0.339 e. The number of hydrogen-bond acceptors (Lipinski definition) is 6. The van der Waals surface area contributed by atoms with Crippen molar-refractivity contribution < 1.29 is 14.4 Å². The Balaban J connectivity index is 1.58. The molecule has 1 unspecified atom stereocenters. The van der Waals surface area contributed by atoms with Crippen molar-refractivity contribution in [1.29, 1.82) is 0 Å². The van der Waals surface area contributed by atoms with Crippen LogP contribution in [0.25, 0.3) is 0 Å². The number of tetrazole rings is 1. The molecule has 2 aromatic rings. The third kappa shape index (κ3) is 3.32. The highest BCUT2D eigenvalue weighted by Crippen LogP contribution is 2.37. The second kappa shape index (κ2) is 6.90. The maximum atomic E-state index is 12.7. The van der Waals surface area contributed by atoms with Crippen LogP contribution < -0.4 is 10.6 Å². The predicted octanol–water partition coefficient (Wildman–Crippen LogP) is 0.850. The second-order valence-electron chi connectivity index (χ2n) is 7.01. The van der Waals surface area contributed by atoms with Crippen molar-refractivity contribution in [1.82, 2.24) is 30.8 Å². The lowest BCUT2D eigenvalue weighted by Gasteiger charge is -2.27. The minimum atomic E-state index is -0.688. The number of carbonyl (C=O) groups is 3. The lowest BCUT2D eigenvalue weighted by Crippen LogP contribution is -2.45. The smallest absolute Gasteiger partial charge is 0.253 e. The Morgan fingerprint density at radius 3 is 2.63 bits per heavy atom. The Labute approximate surface area is 155 Å². The van der Waals surface area contributed by atoms with Gasteiger partial charge in [-0.05, 0) is 36.6 Å². The molecule has 9 nitrogen and oxygen atoms in total. The molecule has 4 rings (SSSR count). The van der Waals surface area contributed by atoms with Gasteiger partial charge in [0, 0.05) is 12.0 Å². The molecule has 1 aliphatic carbocycles. The van der Waals surface area contributed by atoms with Gasteiger partial charge in [-0.25, -0.2) is 0 Å². The number of piperidine rings is 1. The molecule has 1 saturated heterocycles. The SMILES string of the molecule is O=C1CCC(n2nnc(C3(NC(=O)c4ccccc4)CCCC3)n2)C(=O)N1. The van der Waals surface area contributed by atoms with Crippen molar-refractivity contribution in [3.63, 3.8) is 0 Å². The molecular weight excluding hydrogens is 348 g/mol. The van der Waals surface area contributed by atoms with E-state index >= 15 is 0 Å². The van der Waals surface area contributed by atoms with Gasteiger partial charge in [-0.2, -0.15) is 4.80 Å². The van der Waals surface area contributed by atoms with Crippen molar-refractivity contribution in [3.8, 4) is 0 Å². The van der Waals surface area contributed by atoms with Gasteiger partial charge in [0.25, 0.3) is 11.8 Å². The molecule has 0 bridgehead atoms. The Morgan fingerprint density at radius 1 is 1.19 bits per heavy atom. The maximum absolute atomic E-state index is 12.7. The van der Waals surface area contributed by atoms with E-state index < -0.39 is 17.5 Å². The number of benzene rings is 1. The number of amides is 3. The van der Waals surface area contributed by atoms with E-state index in [1.54, 1.807) is 12.1 Å². The van der Waals surface area contributed by atoms with Gasteiger partial charge in [0.1, 0.15) is 5.54 Å². The summed E-state index contributed by atoms with van der Waals surface area (Å²) in [4.78, 5) is 37.3. The molecule has 2 heterocycles. The summed E-state index contributed by atoms with van der Waals surface area (Å²) >= 11 is 0. The Bertz CT molecular complexity index is 872. The summed E-state index contributed by atoms with van der Waals surface area (Å²) in [6, 6.07) is 8.33. The van der Waals surface area contributed by atoms with E-state index in [-0.39, 0.29) is 18.2 Å². The lowest BCUT2D eigenvalue weighted by atomic mass is 9.96. The first-order valence-electron chi connectivity index (χ1n) is 9.09. The van der Waals surface area contributed by atoms with Gasteiger partial charge in [-0.1, -0.05) is 31.0 Å². The van der Waals surface area contributed by atoms with Crippen LogP contribution in [0.2, 0.25) is 0 Å². The highest BCUT2D eigenvalue weighted by Gasteiger charge is 2.42. The zero-order valence-corrected chi connectivity index (χ0v) is 14.7. The van der Waals surface area contributed by atoms with Gasteiger partial charge < -0.3 is 5.32 Å². The molecule has 1 aliphatic heterocycles. The third-order valence-electron chi connectivity index (χ3n) is 5.19. The number of nitrogens with zero attached hydrogens (tertiary/aromatic N) is 4. The number of hydrogen-bond donors (Lipinski definition) is 2. The summed E-state index contributed by atoms with van der Waals surface area (Å²) in [6.07, 6.45) is 3.90. The summed E-state index contributed by atoms with van der Waals surface area (Å²) in [5.41, 5.74) is -0.118.